The summed E-state index contributed by atoms with van der Waals surface area (Å²) in [5.74, 6) is -0.456. The maximum Gasteiger partial charge on any atom is 0.288 e. The van der Waals surface area contributed by atoms with Crippen LogP contribution in [0.1, 0.15) is 10.4 Å². The molecule has 1 amide bonds. The van der Waals surface area contributed by atoms with E-state index in [0.717, 1.165) is 27.2 Å². The van der Waals surface area contributed by atoms with Gasteiger partial charge in [0.1, 0.15) is 5.02 Å². The Morgan fingerprint density at radius 2 is 1.86 bits per heavy atom. The van der Waals surface area contributed by atoms with Crippen molar-refractivity contribution in [3.05, 3.63) is 87.4 Å². The van der Waals surface area contributed by atoms with E-state index in [4.69, 9.17) is 11.6 Å². The number of hydrogen-bond donors (Lipinski definition) is 2. The lowest BCUT2D eigenvalue weighted by Crippen LogP contribution is -2.12. The molecule has 1 heterocycles. The highest BCUT2D eigenvalue weighted by molar-refractivity contribution is 7.99. The summed E-state index contributed by atoms with van der Waals surface area (Å²) in [6.07, 6.45) is 0. The summed E-state index contributed by atoms with van der Waals surface area (Å²) in [6.45, 7) is 0. The maximum atomic E-state index is 12.4. The van der Waals surface area contributed by atoms with Gasteiger partial charge in [0, 0.05) is 22.2 Å². The molecule has 3 aromatic carbocycles. The van der Waals surface area contributed by atoms with Gasteiger partial charge in [-0.05, 0) is 48.5 Å². The Labute approximate surface area is 174 Å². The number of fused-ring (bicyclic) bond motifs is 1. The van der Waals surface area contributed by atoms with Crippen molar-refractivity contribution in [3.63, 3.8) is 0 Å². The van der Waals surface area contributed by atoms with Gasteiger partial charge in [0.05, 0.1) is 16.0 Å². The number of aromatic nitrogens is 2. The molecule has 0 aliphatic rings. The van der Waals surface area contributed by atoms with Crippen LogP contribution in [0.2, 0.25) is 5.02 Å². The number of halogens is 1. The molecule has 2 N–H and O–H groups in total. The van der Waals surface area contributed by atoms with Crippen LogP contribution in [0.15, 0.2) is 76.8 Å². The van der Waals surface area contributed by atoms with Crippen molar-refractivity contribution in [2.45, 2.75) is 10.1 Å². The molecule has 4 rings (SSSR count). The zero-order valence-corrected chi connectivity index (χ0v) is 16.3. The molecule has 0 atom stereocenters. The second-order valence-corrected chi connectivity index (χ2v) is 7.53. The van der Waals surface area contributed by atoms with Gasteiger partial charge >= 0.3 is 0 Å². The normalized spacial score (nSPS) is 10.8. The number of H-pyrrole nitrogens is 1. The molecule has 4 aromatic rings. The van der Waals surface area contributed by atoms with Crippen molar-refractivity contribution in [2.24, 2.45) is 0 Å². The molecule has 9 heteroatoms. The highest BCUT2D eigenvalue weighted by Gasteiger charge is 2.16. The fourth-order valence-electron chi connectivity index (χ4n) is 2.69. The van der Waals surface area contributed by atoms with Crippen molar-refractivity contribution in [2.75, 3.05) is 5.32 Å². The Kier molecular flexibility index (Phi) is 5.20. The fourth-order valence-corrected chi connectivity index (χ4v) is 3.68. The zero-order valence-electron chi connectivity index (χ0n) is 14.8. The van der Waals surface area contributed by atoms with Crippen molar-refractivity contribution < 1.29 is 9.72 Å². The van der Waals surface area contributed by atoms with E-state index in [1.54, 1.807) is 12.1 Å². The first-order chi connectivity index (χ1) is 14.0. The molecule has 0 saturated heterocycles. The molecular formula is C20H13ClN4O3S. The number of nitrogens with zero attached hydrogens (tertiary/aromatic N) is 2. The SMILES string of the molecule is O=C(Nc1ccc(Sc2nc3ccccc3[nH]2)cc1)c1ccc(Cl)c([N+](=O)[O-])c1. The van der Waals surface area contributed by atoms with Gasteiger partial charge in [-0.3, -0.25) is 14.9 Å². The maximum absolute atomic E-state index is 12.4. The number of amides is 1. The van der Waals surface area contributed by atoms with E-state index in [9.17, 15) is 14.9 Å². The number of imidazole rings is 1. The first kappa shape index (κ1) is 19.0. The number of hydrogen-bond acceptors (Lipinski definition) is 5. The summed E-state index contributed by atoms with van der Waals surface area (Å²) in [6, 6.07) is 18.9. The predicted octanol–water partition coefficient (Wildman–Crippen LogP) is 5.53. The molecule has 29 heavy (non-hydrogen) atoms. The summed E-state index contributed by atoms with van der Waals surface area (Å²) < 4.78 is 0. The van der Waals surface area contributed by atoms with E-state index >= 15 is 0 Å². The van der Waals surface area contributed by atoms with E-state index < -0.39 is 10.8 Å². The molecule has 1 aromatic heterocycles. The summed E-state index contributed by atoms with van der Waals surface area (Å²) in [5.41, 5.74) is 2.28. The molecule has 0 radical (unpaired) electrons. The average Bonchev–Trinajstić information content (AvgIpc) is 3.12. The summed E-state index contributed by atoms with van der Waals surface area (Å²) in [5, 5.41) is 14.5. The topological polar surface area (TPSA) is 101 Å². The molecule has 0 aliphatic heterocycles. The summed E-state index contributed by atoms with van der Waals surface area (Å²) in [4.78, 5) is 31.5. The zero-order chi connectivity index (χ0) is 20.4. The number of carbonyl (C=O) groups is 1. The first-order valence-corrected chi connectivity index (χ1v) is 9.67. The lowest BCUT2D eigenvalue weighted by Gasteiger charge is -2.06. The monoisotopic (exact) mass is 424 g/mol. The predicted molar refractivity (Wildman–Crippen MR) is 113 cm³/mol. The third-order valence-electron chi connectivity index (χ3n) is 4.10. The second-order valence-electron chi connectivity index (χ2n) is 6.06. The van der Waals surface area contributed by atoms with Crippen LogP contribution in [0.3, 0.4) is 0 Å². The fraction of sp³-hybridized carbons (Fsp3) is 0. The molecule has 7 nitrogen and oxygen atoms in total. The van der Waals surface area contributed by atoms with Gasteiger partial charge in [-0.1, -0.05) is 35.5 Å². The number of anilines is 1. The Balaban J connectivity index is 1.46. The van der Waals surface area contributed by atoms with Gasteiger partial charge in [-0.15, -0.1) is 0 Å². The van der Waals surface area contributed by atoms with Crippen LogP contribution in [0, 0.1) is 10.1 Å². The van der Waals surface area contributed by atoms with E-state index in [1.165, 1.54) is 23.9 Å². The minimum absolute atomic E-state index is 0.0153. The van der Waals surface area contributed by atoms with Crippen LogP contribution >= 0.6 is 23.4 Å². The van der Waals surface area contributed by atoms with Crippen LogP contribution in [0.5, 0.6) is 0 Å². The molecule has 0 saturated carbocycles. The number of nitrogens with one attached hydrogen (secondary N) is 2. The number of nitro benzene ring substituents is 1. The van der Waals surface area contributed by atoms with Gasteiger partial charge in [-0.25, -0.2) is 4.98 Å². The lowest BCUT2D eigenvalue weighted by molar-refractivity contribution is -0.384. The van der Waals surface area contributed by atoms with E-state index in [2.05, 4.69) is 15.3 Å². The number of para-hydroxylation sites is 2. The molecule has 0 fully saturated rings. The van der Waals surface area contributed by atoms with Crippen molar-refractivity contribution in [1.82, 2.24) is 9.97 Å². The van der Waals surface area contributed by atoms with Crippen molar-refractivity contribution in [1.29, 1.82) is 0 Å². The third kappa shape index (κ3) is 4.23. The van der Waals surface area contributed by atoms with Gasteiger partial charge in [0.2, 0.25) is 0 Å². The van der Waals surface area contributed by atoms with Crippen molar-refractivity contribution >= 4 is 51.7 Å². The Morgan fingerprint density at radius 1 is 1.10 bits per heavy atom. The highest BCUT2D eigenvalue weighted by atomic mass is 35.5. The Morgan fingerprint density at radius 3 is 2.59 bits per heavy atom. The Hall–Kier alpha value is -3.36. The Bertz CT molecular complexity index is 1190. The van der Waals surface area contributed by atoms with E-state index in [-0.39, 0.29) is 16.3 Å². The molecular weight excluding hydrogens is 412 g/mol. The summed E-state index contributed by atoms with van der Waals surface area (Å²) in [7, 11) is 0. The van der Waals surface area contributed by atoms with Crippen LogP contribution in [-0.2, 0) is 0 Å². The summed E-state index contributed by atoms with van der Waals surface area (Å²) >= 11 is 7.26. The van der Waals surface area contributed by atoms with Gasteiger partial charge in [0.25, 0.3) is 11.6 Å². The standard InChI is InChI=1S/C20H13ClN4O3S/c21-15-10-5-12(11-18(15)25(27)28)19(26)22-13-6-8-14(9-7-13)29-20-23-16-3-1-2-4-17(16)24-20/h1-11H,(H,22,26)(H,23,24). The van der Waals surface area contributed by atoms with Gasteiger partial charge < -0.3 is 10.3 Å². The van der Waals surface area contributed by atoms with Crippen molar-refractivity contribution in [3.8, 4) is 0 Å². The quantitative estimate of drug-likeness (QED) is 0.324. The molecule has 0 aliphatic carbocycles. The number of carbonyl (C=O) groups excluding carboxylic acids is 1. The van der Waals surface area contributed by atoms with E-state index in [0.29, 0.717) is 5.69 Å². The lowest BCUT2D eigenvalue weighted by atomic mass is 10.2. The largest absolute Gasteiger partial charge is 0.333 e. The molecule has 0 spiro atoms. The molecule has 0 unspecified atom stereocenters. The van der Waals surface area contributed by atoms with E-state index in [1.807, 2.05) is 36.4 Å². The average molecular weight is 425 g/mol. The minimum atomic E-state index is -0.622. The minimum Gasteiger partial charge on any atom is -0.333 e. The highest BCUT2D eigenvalue weighted by Crippen LogP contribution is 2.29. The third-order valence-corrected chi connectivity index (χ3v) is 5.31. The second kappa shape index (κ2) is 7.94. The number of benzene rings is 3. The van der Waals surface area contributed by atoms with Crippen LogP contribution < -0.4 is 5.32 Å². The molecule has 144 valence electrons. The number of aromatic amines is 1. The smallest absolute Gasteiger partial charge is 0.288 e. The van der Waals surface area contributed by atoms with Crippen LogP contribution in [-0.4, -0.2) is 20.8 Å². The molecule has 0 bridgehead atoms. The van der Waals surface area contributed by atoms with Crippen LogP contribution in [0.25, 0.3) is 11.0 Å². The number of rotatable bonds is 5. The van der Waals surface area contributed by atoms with Gasteiger partial charge in [0.15, 0.2) is 5.16 Å². The number of nitro groups is 1. The van der Waals surface area contributed by atoms with Crippen LogP contribution in [0.4, 0.5) is 11.4 Å². The first-order valence-electron chi connectivity index (χ1n) is 8.47. The van der Waals surface area contributed by atoms with Gasteiger partial charge in [-0.2, -0.15) is 0 Å².